The maximum absolute atomic E-state index is 11.2. The zero-order valence-corrected chi connectivity index (χ0v) is 18.8. The molecule has 0 aromatic carbocycles. The lowest BCUT2D eigenvalue weighted by Gasteiger charge is -2.48. The lowest BCUT2D eigenvalue weighted by Crippen LogP contribution is -3.00. The van der Waals surface area contributed by atoms with Gasteiger partial charge >= 0.3 is 5.97 Å². The van der Waals surface area contributed by atoms with Crippen LogP contribution in [0.25, 0.3) is 0 Å². The summed E-state index contributed by atoms with van der Waals surface area (Å²) in [6.07, 6.45) is 3.73. The number of alkyl halides is 1. The van der Waals surface area contributed by atoms with E-state index >= 15 is 0 Å². The van der Waals surface area contributed by atoms with Gasteiger partial charge < -0.3 is 43.6 Å². The molecule has 0 bridgehead atoms. The van der Waals surface area contributed by atoms with E-state index in [-0.39, 0.29) is 48.5 Å². The Morgan fingerprint density at radius 2 is 1.67 bits per heavy atom. The SMILES string of the molecule is C=C(C)C(=O)OC1C[N+](C)(C(C)Cl)C1.C=CC[N+]1(CC=C)CC(O)C1.[Cl-].[Cl-]. The monoisotopic (exact) mass is 442 g/mol. The van der Waals surface area contributed by atoms with Crippen LogP contribution >= 0.6 is 11.6 Å². The Bertz CT molecular complexity index is 502. The highest BCUT2D eigenvalue weighted by atomic mass is 35.5. The summed E-state index contributed by atoms with van der Waals surface area (Å²) in [6.45, 7) is 19.8. The highest BCUT2D eigenvalue weighted by molar-refractivity contribution is 6.19. The number of likely N-dealkylation sites (N-methyl/N-ethyl adjacent to an activating group) is 1. The van der Waals surface area contributed by atoms with Gasteiger partial charge in [0.05, 0.1) is 20.1 Å². The van der Waals surface area contributed by atoms with Crippen molar-refractivity contribution < 1.29 is 48.4 Å². The van der Waals surface area contributed by atoms with Gasteiger partial charge in [0.25, 0.3) is 0 Å². The predicted octanol–water partition coefficient (Wildman–Crippen LogP) is -3.92. The summed E-state index contributed by atoms with van der Waals surface area (Å²) in [4.78, 5) is 11.2. The van der Waals surface area contributed by atoms with Crippen molar-refractivity contribution in [1.82, 2.24) is 0 Å². The molecule has 1 N–H and O–H groups in total. The minimum atomic E-state index is -0.302. The number of carbonyl (C=O) groups is 1. The second kappa shape index (κ2) is 12.1. The smallest absolute Gasteiger partial charge is 0.333 e. The largest absolute Gasteiger partial charge is 1.00 e. The third-order valence-corrected chi connectivity index (χ3v) is 5.42. The number of aliphatic hydroxyl groups is 1. The van der Waals surface area contributed by atoms with Crippen LogP contribution in [0.2, 0.25) is 0 Å². The van der Waals surface area contributed by atoms with Crippen molar-refractivity contribution in [3.63, 3.8) is 0 Å². The first-order valence-electron chi connectivity index (χ1n) is 8.67. The lowest BCUT2D eigenvalue weighted by molar-refractivity contribution is -0.963. The summed E-state index contributed by atoms with van der Waals surface area (Å²) >= 11 is 6.00. The van der Waals surface area contributed by atoms with Gasteiger partial charge in [-0.15, -0.1) is 0 Å². The minimum absolute atomic E-state index is 0. The van der Waals surface area contributed by atoms with Gasteiger partial charge in [-0.1, -0.05) is 31.3 Å². The van der Waals surface area contributed by atoms with E-state index in [0.29, 0.717) is 5.57 Å². The molecule has 0 saturated carbocycles. The maximum atomic E-state index is 11.2. The first-order valence-corrected chi connectivity index (χ1v) is 9.11. The van der Waals surface area contributed by atoms with Crippen molar-refractivity contribution in [3.05, 3.63) is 37.5 Å². The van der Waals surface area contributed by atoms with Gasteiger partial charge in [0.15, 0.2) is 17.7 Å². The average Bonchev–Trinajstić information content (AvgIpc) is 2.44. The second-order valence-corrected chi connectivity index (χ2v) is 8.16. The molecule has 2 rings (SSSR count). The molecule has 5 nitrogen and oxygen atoms in total. The number of nitrogens with zero attached hydrogens (tertiary/aromatic N) is 2. The van der Waals surface area contributed by atoms with E-state index in [1.807, 2.05) is 19.1 Å². The predicted molar refractivity (Wildman–Crippen MR) is 102 cm³/mol. The van der Waals surface area contributed by atoms with E-state index in [0.717, 1.165) is 48.2 Å². The number of hydrogen-bond donors (Lipinski definition) is 1. The van der Waals surface area contributed by atoms with Crippen molar-refractivity contribution in [2.24, 2.45) is 0 Å². The molecule has 1 atom stereocenters. The molecule has 0 aromatic rings. The number of esters is 1. The van der Waals surface area contributed by atoms with Crippen molar-refractivity contribution in [2.45, 2.75) is 31.6 Å². The number of aliphatic hydroxyl groups excluding tert-OH is 1. The van der Waals surface area contributed by atoms with Crippen LogP contribution < -0.4 is 24.8 Å². The van der Waals surface area contributed by atoms with E-state index < -0.39 is 0 Å². The van der Waals surface area contributed by atoms with E-state index in [2.05, 4.69) is 26.8 Å². The van der Waals surface area contributed by atoms with Crippen LogP contribution in [0.4, 0.5) is 0 Å². The summed E-state index contributed by atoms with van der Waals surface area (Å²) in [5, 5.41) is 9.15. The molecule has 0 spiro atoms. The third-order valence-electron chi connectivity index (χ3n) is 4.95. The van der Waals surface area contributed by atoms with Gasteiger partial charge in [0.2, 0.25) is 0 Å². The Labute approximate surface area is 181 Å². The van der Waals surface area contributed by atoms with Gasteiger partial charge in [0, 0.05) is 12.5 Å². The van der Waals surface area contributed by atoms with Gasteiger partial charge in [-0.3, -0.25) is 0 Å². The molecule has 0 amide bonds. The van der Waals surface area contributed by atoms with Gasteiger partial charge in [-0.2, -0.15) is 0 Å². The van der Waals surface area contributed by atoms with Crippen LogP contribution in [0.15, 0.2) is 37.5 Å². The van der Waals surface area contributed by atoms with Crippen LogP contribution in [0.1, 0.15) is 13.8 Å². The average molecular weight is 444 g/mol. The van der Waals surface area contributed by atoms with Crippen molar-refractivity contribution in [1.29, 1.82) is 0 Å². The fraction of sp³-hybridized carbons (Fsp3) is 0.632. The van der Waals surface area contributed by atoms with Gasteiger partial charge in [-0.05, 0) is 19.1 Å². The summed E-state index contributed by atoms with van der Waals surface area (Å²) in [5.41, 5.74) is 0.514. The van der Waals surface area contributed by atoms with Crippen molar-refractivity contribution in [2.75, 3.05) is 46.3 Å². The molecule has 2 aliphatic rings. The van der Waals surface area contributed by atoms with Crippen LogP contribution in [-0.2, 0) is 9.53 Å². The summed E-state index contributed by atoms with van der Waals surface area (Å²) in [7, 11) is 2.06. The molecule has 2 aliphatic heterocycles. The first kappa shape index (κ1) is 28.6. The Balaban J connectivity index is 0. The van der Waals surface area contributed by atoms with Crippen LogP contribution in [0.3, 0.4) is 0 Å². The Hall–Kier alpha value is -0.560. The number of carbonyl (C=O) groups excluding carboxylic acids is 1. The standard InChI is InChI=1S/C10H17ClNO2.C9H16NO.2ClH/c1-7(2)10(13)14-9-5-12(4,6-9)8(3)11;1-3-5-10(6-4-2)7-9(11)8-10;;/h8-9H,1,5-6H2,2-4H3;3-4,9,11H,1-2,5-8H2;2*1H/q2*+1;;/p-2. The van der Waals surface area contributed by atoms with Gasteiger partial charge in [-0.25, -0.2) is 4.79 Å². The van der Waals surface area contributed by atoms with Crippen LogP contribution in [0, 0.1) is 0 Å². The van der Waals surface area contributed by atoms with E-state index in [1.165, 1.54) is 0 Å². The molecular weight excluding hydrogens is 411 g/mol. The quantitative estimate of drug-likeness (QED) is 0.109. The normalized spacial score (nSPS) is 26.2. The number of hydrogen-bond acceptors (Lipinski definition) is 3. The highest BCUT2D eigenvalue weighted by Crippen LogP contribution is 2.26. The molecule has 8 heteroatoms. The molecule has 0 radical (unpaired) electrons. The summed E-state index contributed by atoms with van der Waals surface area (Å²) < 4.78 is 6.88. The molecule has 1 unspecified atom stereocenters. The van der Waals surface area contributed by atoms with E-state index in [4.69, 9.17) is 21.4 Å². The fourth-order valence-electron chi connectivity index (χ4n) is 3.25. The number of rotatable bonds is 7. The van der Waals surface area contributed by atoms with Crippen molar-refractivity contribution in [3.8, 4) is 0 Å². The number of likely N-dealkylation sites (tertiary alicyclic amines) is 2. The lowest BCUT2D eigenvalue weighted by atomic mass is 10.1. The minimum Gasteiger partial charge on any atom is -1.00 e. The number of halogens is 3. The topological polar surface area (TPSA) is 46.5 Å². The first-order chi connectivity index (χ1) is 11.6. The second-order valence-electron chi connectivity index (χ2n) is 7.53. The zero-order valence-electron chi connectivity index (χ0n) is 16.5. The molecule has 0 aliphatic carbocycles. The fourth-order valence-corrected chi connectivity index (χ4v) is 3.41. The molecule has 158 valence electrons. The summed E-state index contributed by atoms with van der Waals surface area (Å²) in [5.74, 6) is -0.302. The van der Waals surface area contributed by atoms with E-state index in [9.17, 15) is 4.79 Å². The third kappa shape index (κ3) is 8.14. The molecule has 27 heavy (non-hydrogen) atoms. The van der Waals surface area contributed by atoms with Crippen molar-refractivity contribution >= 4 is 17.6 Å². The van der Waals surface area contributed by atoms with E-state index in [1.54, 1.807) is 6.92 Å². The zero-order chi connectivity index (χ0) is 19.3. The Morgan fingerprint density at radius 3 is 1.96 bits per heavy atom. The van der Waals surface area contributed by atoms with Gasteiger partial charge in [0.1, 0.15) is 26.2 Å². The maximum Gasteiger partial charge on any atom is 0.333 e. The van der Waals surface area contributed by atoms with Crippen LogP contribution in [0.5, 0.6) is 0 Å². The molecule has 0 aromatic heterocycles. The molecule has 2 heterocycles. The number of quaternary nitrogens is 2. The summed E-state index contributed by atoms with van der Waals surface area (Å²) in [6, 6.07) is 0. The Kier molecular flexibility index (Phi) is 12.8. The molecular formula is C19H33Cl3N2O3. The molecule has 2 fully saturated rings. The molecule has 2 saturated heterocycles. The van der Waals surface area contributed by atoms with Crippen LogP contribution in [-0.4, -0.2) is 84.1 Å². The Morgan fingerprint density at radius 1 is 1.22 bits per heavy atom. The highest BCUT2D eigenvalue weighted by Gasteiger charge is 2.46. The number of ether oxygens (including phenoxy) is 1.